The van der Waals surface area contributed by atoms with Crippen molar-refractivity contribution < 1.29 is 9.53 Å². The van der Waals surface area contributed by atoms with E-state index >= 15 is 0 Å². The number of aromatic amines is 1. The summed E-state index contributed by atoms with van der Waals surface area (Å²) < 4.78 is 5.40. The fourth-order valence-electron chi connectivity index (χ4n) is 3.08. The van der Waals surface area contributed by atoms with Gasteiger partial charge in [-0.3, -0.25) is 4.79 Å². The molecule has 0 spiro atoms. The zero-order chi connectivity index (χ0) is 19.8. The molecule has 1 aliphatic heterocycles. The maximum atomic E-state index is 12.8. The third-order valence-electron chi connectivity index (χ3n) is 4.73. The average molecular weight is 380 g/mol. The van der Waals surface area contributed by atoms with Gasteiger partial charge in [-0.15, -0.1) is 0 Å². The normalized spacial score (nSPS) is 13.7. The minimum absolute atomic E-state index is 0.180. The number of hydrogen-bond donors (Lipinski definition) is 2. The SMILES string of the molecule is CCc1[nH]cccc(C)cnc1C(=O)NCc1ccc(N2CCOCC2)cc1. The number of aryl methyl sites for hydroxylation is 2. The summed E-state index contributed by atoms with van der Waals surface area (Å²) >= 11 is 0. The Morgan fingerprint density at radius 1 is 1.21 bits per heavy atom. The third-order valence-corrected chi connectivity index (χ3v) is 4.73. The van der Waals surface area contributed by atoms with Gasteiger partial charge in [-0.2, -0.15) is 0 Å². The summed E-state index contributed by atoms with van der Waals surface area (Å²) in [6.07, 6.45) is 4.24. The van der Waals surface area contributed by atoms with E-state index in [9.17, 15) is 4.79 Å². The molecular weight excluding hydrogens is 352 g/mol. The lowest BCUT2D eigenvalue weighted by molar-refractivity contribution is 0.0944. The van der Waals surface area contributed by atoms with Gasteiger partial charge in [0.2, 0.25) is 0 Å². The topological polar surface area (TPSA) is 70.2 Å². The van der Waals surface area contributed by atoms with Crippen molar-refractivity contribution in [3.63, 3.8) is 0 Å². The van der Waals surface area contributed by atoms with Crippen LogP contribution in [0.25, 0.3) is 0 Å². The molecule has 0 aliphatic carbocycles. The molecule has 1 aromatic heterocycles. The molecule has 0 bridgehead atoms. The molecule has 2 heterocycles. The number of nitrogens with zero attached hydrogens (tertiary/aromatic N) is 2. The molecule has 1 saturated heterocycles. The van der Waals surface area contributed by atoms with Gasteiger partial charge in [-0.05, 0) is 42.7 Å². The van der Waals surface area contributed by atoms with Crippen LogP contribution in [0.2, 0.25) is 0 Å². The van der Waals surface area contributed by atoms with Gasteiger partial charge in [-0.1, -0.05) is 25.1 Å². The van der Waals surface area contributed by atoms with Crippen molar-refractivity contribution >= 4 is 11.6 Å². The van der Waals surface area contributed by atoms with E-state index in [2.05, 4.69) is 44.5 Å². The van der Waals surface area contributed by atoms with Crippen molar-refractivity contribution in [1.82, 2.24) is 15.3 Å². The Morgan fingerprint density at radius 2 is 1.96 bits per heavy atom. The van der Waals surface area contributed by atoms with E-state index in [-0.39, 0.29) is 5.91 Å². The second-order valence-corrected chi connectivity index (χ2v) is 6.80. The van der Waals surface area contributed by atoms with Crippen molar-refractivity contribution in [2.45, 2.75) is 26.8 Å². The van der Waals surface area contributed by atoms with Gasteiger partial charge in [0.15, 0.2) is 0 Å². The predicted molar refractivity (Wildman–Crippen MR) is 111 cm³/mol. The number of rotatable bonds is 5. The number of morpholine rings is 1. The quantitative estimate of drug-likeness (QED) is 0.836. The molecule has 0 unspecified atom stereocenters. The zero-order valence-corrected chi connectivity index (χ0v) is 16.6. The van der Waals surface area contributed by atoms with Crippen molar-refractivity contribution in [2.24, 2.45) is 0 Å². The summed E-state index contributed by atoms with van der Waals surface area (Å²) in [5.74, 6) is -0.180. The fraction of sp³-hybridized carbons (Fsp3) is 0.364. The Kier molecular flexibility index (Phi) is 7.03. The molecule has 2 N–H and O–H groups in total. The lowest BCUT2D eigenvalue weighted by Crippen LogP contribution is -2.36. The number of aromatic nitrogens is 2. The first-order valence-corrected chi connectivity index (χ1v) is 9.74. The van der Waals surface area contributed by atoms with Gasteiger partial charge < -0.3 is 19.9 Å². The number of anilines is 1. The van der Waals surface area contributed by atoms with Crippen LogP contribution in [0.15, 0.2) is 48.8 Å². The molecule has 1 fully saturated rings. The number of H-pyrrole nitrogens is 1. The second-order valence-electron chi connectivity index (χ2n) is 6.80. The van der Waals surface area contributed by atoms with Gasteiger partial charge in [0, 0.05) is 43.4 Å². The van der Waals surface area contributed by atoms with E-state index in [1.165, 1.54) is 5.69 Å². The first kappa shape index (κ1) is 19.9. The van der Waals surface area contributed by atoms with Gasteiger partial charge in [0.25, 0.3) is 5.91 Å². The van der Waals surface area contributed by atoms with E-state index in [0.29, 0.717) is 18.7 Å². The standard InChI is InChI=1S/C22H28N4O2/c1-3-20-21(24-15-17(2)5-4-10-23-20)22(27)25-16-18-6-8-19(9-7-18)26-11-13-28-14-12-26/h4-10,15,23H,3,11-14,16H2,1-2H3,(H,25,27). The number of ether oxygens (including phenoxy) is 1. The van der Waals surface area contributed by atoms with Crippen molar-refractivity contribution in [1.29, 1.82) is 0 Å². The van der Waals surface area contributed by atoms with E-state index < -0.39 is 0 Å². The molecule has 0 saturated carbocycles. The van der Waals surface area contributed by atoms with Crippen LogP contribution in [0, 0.1) is 6.92 Å². The summed E-state index contributed by atoms with van der Waals surface area (Å²) in [5.41, 5.74) is 4.45. The Morgan fingerprint density at radius 3 is 2.68 bits per heavy atom. The molecule has 6 nitrogen and oxygen atoms in total. The summed E-state index contributed by atoms with van der Waals surface area (Å²) in [6.45, 7) is 7.78. The summed E-state index contributed by atoms with van der Waals surface area (Å²) in [7, 11) is 0. The molecule has 28 heavy (non-hydrogen) atoms. The molecular formula is C22H28N4O2. The number of carbonyl (C=O) groups is 1. The maximum absolute atomic E-state index is 12.8. The monoisotopic (exact) mass is 380 g/mol. The highest BCUT2D eigenvalue weighted by molar-refractivity contribution is 5.93. The number of benzene rings is 1. The van der Waals surface area contributed by atoms with Crippen LogP contribution in [0.1, 0.15) is 34.2 Å². The van der Waals surface area contributed by atoms with Gasteiger partial charge in [0.1, 0.15) is 5.69 Å². The van der Waals surface area contributed by atoms with Crippen LogP contribution in [0.4, 0.5) is 5.69 Å². The minimum atomic E-state index is -0.180. The van der Waals surface area contributed by atoms with Crippen molar-refractivity contribution in [2.75, 3.05) is 31.2 Å². The van der Waals surface area contributed by atoms with Crippen LogP contribution in [0.3, 0.4) is 0 Å². The smallest absolute Gasteiger partial charge is 0.271 e. The Bertz CT molecular complexity index is 838. The van der Waals surface area contributed by atoms with E-state index in [1.807, 2.05) is 32.2 Å². The number of carbonyl (C=O) groups excluding carboxylic acids is 1. The molecule has 1 aromatic carbocycles. The van der Waals surface area contributed by atoms with Crippen molar-refractivity contribution in [3.8, 4) is 0 Å². The van der Waals surface area contributed by atoms with Crippen molar-refractivity contribution in [3.05, 3.63) is 71.3 Å². The van der Waals surface area contributed by atoms with Gasteiger partial charge >= 0.3 is 0 Å². The predicted octanol–water partition coefficient (Wildman–Crippen LogP) is 3.17. The van der Waals surface area contributed by atoms with Crippen LogP contribution in [-0.2, 0) is 17.7 Å². The third kappa shape index (κ3) is 5.33. The summed E-state index contributed by atoms with van der Waals surface area (Å²) in [6, 6.07) is 12.2. The Balaban J connectivity index is 1.69. The molecule has 1 aliphatic rings. The van der Waals surface area contributed by atoms with Crippen LogP contribution in [-0.4, -0.2) is 42.2 Å². The molecule has 1 amide bonds. The molecule has 6 heteroatoms. The molecule has 3 rings (SSSR count). The van der Waals surface area contributed by atoms with E-state index in [0.717, 1.165) is 43.1 Å². The van der Waals surface area contributed by atoms with Crippen LogP contribution < -0.4 is 10.2 Å². The van der Waals surface area contributed by atoms with E-state index in [1.54, 1.807) is 6.20 Å². The highest BCUT2D eigenvalue weighted by Gasteiger charge is 2.12. The number of nitrogens with one attached hydrogen (secondary N) is 2. The Hall–Kier alpha value is -2.86. The summed E-state index contributed by atoms with van der Waals surface area (Å²) in [5, 5.41) is 2.99. The fourth-order valence-corrected chi connectivity index (χ4v) is 3.08. The van der Waals surface area contributed by atoms with Crippen LogP contribution >= 0.6 is 0 Å². The maximum Gasteiger partial charge on any atom is 0.271 e. The zero-order valence-electron chi connectivity index (χ0n) is 16.6. The van der Waals surface area contributed by atoms with Crippen LogP contribution in [0.5, 0.6) is 0 Å². The first-order chi connectivity index (χ1) is 13.7. The number of hydrogen-bond acceptors (Lipinski definition) is 4. The summed E-state index contributed by atoms with van der Waals surface area (Å²) in [4.78, 5) is 22.6. The lowest BCUT2D eigenvalue weighted by Gasteiger charge is -2.28. The minimum Gasteiger partial charge on any atom is -0.378 e. The van der Waals surface area contributed by atoms with Gasteiger partial charge in [0.05, 0.1) is 13.2 Å². The average Bonchev–Trinajstić information content (AvgIpc) is 2.83. The number of amides is 1. The van der Waals surface area contributed by atoms with E-state index in [4.69, 9.17) is 4.74 Å². The van der Waals surface area contributed by atoms with Gasteiger partial charge in [-0.25, -0.2) is 4.98 Å². The Labute approximate surface area is 166 Å². The molecule has 148 valence electrons. The highest BCUT2D eigenvalue weighted by atomic mass is 16.5. The largest absolute Gasteiger partial charge is 0.378 e. The molecule has 2 aromatic rings. The second kappa shape index (κ2) is 9.90. The highest BCUT2D eigenvalue weighted by Crippen LogP contribution is 2.16. The lowest BCUT2D eigenvalue weighted by atomic mass is 10.1. The molecule has 0 radical (unpaired) electrons. The molecule has 0 atom stereocenters. The first-order valence-electron chi connectivity index (χ1n) is 9.74.